The second kappa shape index (κ2) is 7.58. The lowest BCUT2D eigenvalue weighted by atomic mass is 10.0. The van der Waals surface area contributed by atoms with E-state index in [2.05, 4.69) is 22.0 Å². The normalized spacial score (nSPS) is 21.4. The van der Waals surface area contributed by atoms with Gasteiger partial charge in [-0.25, -0.2) is 0 Å². The molecule has 0 bridgehead atoms. The van der Waals surface area contributed by atoms with Crippen LogP contribution in [0.5, 0.6) is 0 Å². The Morgan fingerprint density at radius 3 is 2.37 bits per heavy atom. The lowest BCUT2D eigenvalue weighted by molar-refractivity contribution is -0.115. The molecule has 0 saturated carbocycles. The van der Waals surface area contributed by atoms with Crippen LogP contribution in [0.2, 0.25) is 0 Å². The van der Waals surface area contributed by atoms with Crippen molar-refractivity contribution in [3.63, 3.8) is 0 Å². The Kier molecular flexibility index (Phi) is 5.76. The maximum absolute atomic E-state index is 12.0. The van der Waals surface area contributed by atoms with Gasteiger partial charge >= 0.3 is 0 Å². The fourth-order valence-electron chi connectivity index (χ4n) is 2.60. The number of aliphatic hydroxyl groups is 1. The Labute approximate surface area is 115 Å². The molecular weight excluding hydrogens is 240 g/mol. The molecule has 1 N–H and O–H groups in total. The first-order valence-corrected chi connectivity index (χ1v) is 7.25. The number of aliphatic hydroxyl groups excluding tert-OH is 1. The van der Waals surface area contributed by atoms with Crippen molar-refractivity contribution in [1.82, 2.24) is 9.80 Å². The molecule has 2 aliphatic rings. The molecule has 0 unspecified atom stereocenters. The van der Waals surface area contributed by atoms with E-state index in [0.717, 1.165) is 57.7 Å². The van der Waals surface area contributed by atoms with E-state index < -0.39 is 0 Å². The molecule has 0 atom stereocenters. The van der Waals surface area contributed by atoms with E-state index in [9.17, 15) is 4.79 Å². The highest BCUT2D eigenvalue weighted by Crippen LogP contribution is 2.12. The summed E-state index contributed by atoms with van der Waals surface area (Å²) >= 11 is 0. The molecule has 0 amide bonds. The number of hydrogen-bond acceptors (Lipinski definition) is 4. The smallest absolute Gasteiger partial charge is 0.163 e. The van der Waals surface area contributed by atoms with Crippen molar-refractivity contribution >= 4 is 5.78 Å². The topological polar surface area (TPSA) is 43.8 Å². The summed E-state index contributed by atoms with van der Waals surface area (Å²) in [6.45, 7) is 5.86. The van der Waals surface area contributed by atoms with Crippen molar-refractivity contribution in [2.24, 2.45) is 0 Å². The van der Waals surface area contributed by atoms with E-state index in [0.29, 0.717) is 6.42 Å². The molecule has 1 fully saturated rings. The molecule has 4 nitrogen and oxygen atoms in total. The fourth-order valence-corrected chi connectivity index (χ4v) is 2.60. The second-order valence-corrected chi connectivity index (χ2v) is 5.22. The summed E-state index contributed by atoms with van der Waals surface area (Å²) in [6.07, 6.45) is 8.78. The summed E-state index contributed by atoms with van der Waals surface area (Å²) in [5.41, 5.74) is 0.894. The lowest BCUT2D eigenvalue weighted by Crippen LogP contribution is -2.47. The molecule has 106 valence electrons. The van der Waals surface area contributed by atoms with E-state index in [1.165, 1.54) is 0 Å². The summed E-state index contributed by atoms with van der Waals surface area (Å²) in [6, 6.07) is 0. The van der Waals surface area contributed by atoms with Gasteiger partial charge in [0.15, 0.2) is 5.78 Å². The van der Waals surface area contributed by atoms with Crippen molar-refractivity contribution in [3.05, 3.63) is 23.8 Å². The largest absolute Gasteiger partial charge is 0.395 e. The average Bonchev–Trinajstić information content (AvgIpc) is 2.47. The first kappa shape index (κ1) is 14.4. The van der Waals surface area contributed by atoms with E-state index >= 15 is 0 Å². The zero-order valence-corrected chi connectivity index (χ0v) is 11.6. The van der Waals surface area contributed by atoms with Crippen LogP contribution in [-0.2, 0) is 4.79 Å². The SMILES string of the molecule is O=C(CCN1CCN(CCO)CC1)C1=CCCC=C1. The van der Waals surface area contributed by atoms with Gasteiger partial charge in [-0.3, -0.25) is 9.69 Å². The molecule has 1 aliphatic heterocycles. The van der Waals surface area contributed by atoms with Gasteiger partial charge in [-0.15, -0.1) is 0 Å². The maximum Gasteiger partial charge on any atom is 0.163 e. The number of carbonyl (C=O) groups excluding carboxylic acids is 1. The second-order valence-electron chi connectivity index (χ2n) is 5.22. The molecule has 2 rings (SSSR count). The summed E-state index contributed by atoms with van der Waals surface area (Å²) in [7, 11) is 0. The van der Waals surface area contributed by atoms with Gasteiger partial charge in [0.2, 0.25) is 0 Å². The third-order valence-electron chi connectivity index (χ3n) is 3.85. The highest BCUT2D eigenvalue weighted by Gasteiger charge is 2.17. The molecule has 4 heteroatoms. The van der Waals surface area contributed by atoms with Gasteiger partial charge in [0.05, 0.1) is 6.61 Å². The van der Waals surface area contributed by atoms with E-state index in [1.807, 2.05) is 6.08 Å². The Bertz CT molecular complexity index is 355. The van der Waals surface area contributed by atoms with E-state index in [4.69, 9.17) is 5.11 Å². The monoisotopic (exact) mass is 264 g/mol. The van der Waals surface area contributed by atoms with Gasteiger partial charge in [0, 0.05) is 51.3 Å². The average molecular weight is 264 g/mol. The van der Waals surface area contributed by atoms with Crippen molar-refractivity contribution in [3.8, 4) is 0 Å². The molecule has 1 saturated heterocycles. The highest BCUT2D eigenvalue weighted by atomic mass is 16.3. The molecular formula is C15H24N2O2. The van der Waals surface area contributed by atoms with Crippen LogP contribution in [0, 0.1) is 0 Å². The van der Waals surface area contributed by atoms with E-state index in [-0.39, 0.29) is 12.4 Å². The van der Waals surface area contributed by atoms with Gasteiger partial charge < -0.3 is 10.0 Å². The minimum atomic E-state index is 0.235. The predicted octanol–water partition coefficient (Wildman–Crippen LogP) is 0.832. The summed E-state index contributed by atoms with van der Waals surface area (Å²) in [4.78, 5) is 16.6. The predicted molar refractivity (Wildman–Crippen MR) is 76.0 cm³/mol. The van der Waals surface area contributed by atoms with Crippen LogP contribution in [0.3, 0.4) is 0 Å². The first-order valence-electron chi connectivity index (χ1n) is 7.25. The number of ketones is 1. The lowest BCUT2D eigenvalue weighted by Gasteiger charge is -2.34. The van der Waals surface area contributed by atoms with Crippen LogP contribution in [-0.4, -0.2) is 66.6 Å². The molecule has 1 aliphatic carbocycles. The van der Waals surface area contributed by atoms with Crippen molar-refractivity contribution in [2.45, 2.75) is 19.3 Å². The van der Waals surface area contributed by atoms with Gasteiger partial charge in [-0.1, -0.05) is 18.2 Å². The number of allylic oxidation sites excluding steroid dienone is 4. The number of rotatable bonds is 6. The Hall–Kier alpha value is -0.970. The number of β-amino-alcohol motifs (C(OH)–C–C–N with tert-alkyl or cyclic N) is 1. The van der Waals surface area contributed by atoms with E-state index in [1.54, 1.807) is 0 Å². The molecule has 19 heavy (non-hydrogen) atoms. The van der Waals surface area contributed by atoms with Gasteiger partial charge in [-0.05, 0) is 12.8 Å². The van der Waals surface area contributed by atoms with Crippen molar-refractivity contribution in [2.75, 3.05) is 45.9 Å². The summed E-state index contributed by atoms with van der Waals surface area (Å²) < 4.78 is 0. The first-order chi connectivity index (χ1) is 9.29. The van der Waals surface area contributed by atoms with Gasteiger partial charge in [-0.2, -0.15) is 0 Å². The fraction of sp³-hybridized carbons (Fsp3) is 0.667. The molecule has 0 aromatic carbocycles. The summed E-state index contributed by atoms with van der Waals surface area (Å²) in [5, 5.41) is 8.89. The van der Waals surface area contributed by atoms with Gasteiger partial charge in [0.25, 0.3) is 0 Å². The standard InChI is InChI=1S/C15H24N2O2/c18-13-12-17-10-8-16(9-11-17)7-6-15(19)14-4-2-1-3-5-14/h2,4-5,18H,1,3,6-13H2. The Morgan fingerprint density at radius 1 is 1.11 bits per heavy atom. The van der Waals surface area contributed by atoms with Crippen LogP contribution in [0.25, 0.3) is 0 Å². The number of Topliss-reactive ketones (excluding diaryl/α,β-unsaturated/α-hetero) is 1. The molecule has 0 radical (unpaired) electrons. The Morgan fingerprint density at radius 2 is 1.79 bits per heavy atom. The minimum Gasteiger partial charge on any atom is -0.395 e. The zero-order chi connectivity index (χ0) is 13.5. The van der Waals surface area contributed by atoms with Crippen molar-refractivity contribution < 1.29 is 9.90 Å². The summed E-state index contributed by atoms with van der Waals surface area (Å²) in [5.74, 6) is 0.272. The zero-order valence-electron chi connectivity index (χ0n) is 11.6. The minimum absolute atomic E-state index is 0.235. The van der Waals surface area contributed by atoms with Crippen LogP contribution in [0.15, 0.2) is 23.8 Å². The van der Waals surface area contributed by atoms with Crippen LogP contribution >= 0.6 is 0 Å². The third-order valence-corrected chi connectivity index (χ3v) is 3.85. The molecule has 0 aromatic rings. The molecule has 0 spiro atoms. The number of piperazine rings is 1. The number of nitrogens with zero attached hydrogens (tertiary/aromatic N) is 2. The van der Waals surface area contributed by atoms with Crippen LogP contribution in [0.1, 0.15) is 19.3 Å². The number of hydrogen-bond donors (Lipinski definition) is 1. The molecule has 0 aromatic heterocycles. The Balaban J connectivity index is 1.67. The maximum atomic E-state index is 12.0. The van der Waals surface area contributed by atoms with Crippen LogP contribution < -0.4 is 0 Å². The highest BCUT2D eigenvalue weighted by molar-refractivity contribution is 5.98. The van der Waals surface area contributed by atoms with Gasteiger partial charge in [0.1, 0.15) is 0 Å². The molecule has 1 heterocycles. The quantitative estimate of drug-likeness (QED) is 0.772. The van der Waals surface area contributed by atoms with Crippen molar-refractivity contribution in [1.29, 1.82) is 0 Å². The number of carbonyl (C=O) groups is 1. The third kappa shape index (κ3) is 4.56. The van der Waals surface area contributed by atoms with Crippen LogP contribution in [0.4, 0.5) is 0 Å².